The van der Waals surface area contributed by atoms with Crippen LogP contribution in [-0.4, -0.2) is 57.4 Å². The van der Waals surface area contributed by atoms with Crippen molar-refractivity contribution in [3.8, 4) is 11.5 Å². The average Bonchev–Trinajstić information content (AvgIpc) is 2.97. The highest BCUT2D eigenvalue weighted by molar-refractivity contribution is 6.00. The van der Waals surface area contributed by atoms with E-state index in [1.165, 1.54) is 32.4 Å². The number of para-hydroxylation sites is 1. The molecule has 228 valence electrons. The highest BCUT2D eigenvalue weighted by Gasteiger charge is 2.39. The summed E-state index contributed by atoms with van der Waals surface area (Å²) in [5.74, 6) is -1.16. The quantitative estimate of drug-likeness (QED) is 0.126. The van der Waals surface area contributed by atoms with Crippen LogP contribution in [0.4, 0.5) is 5.69 Å². The Labute approximate surface area is 251 Å². The van der Waals surface area contributed by atoms with E-state index < -0.39 is 22.8 Å². The Morgan fingerprint density at radius 1 is 0.881 bits per heavy atom. The third-order valence-corrected chi connectivity index (χ3v) is 6.60. The first kappa shape index (κ1) is 34.1. The number of non-ortho nitro benzene ring substituents is 1. The number of methoxy groups -OCH3 is 2. The molecule has 12 heteroatoms. The number of hydrogen-bond acceptors (Lipinski definition) is 10. The van der Waals surface area contributed by atoms with Gasteiger partial charge in [-0.05, 0) is 64.4 Å². The van der Waals surface area contributed by atoms with Gasteiger partial charge in [0.25, 0.3) is 5.69 Å². The molecule has 3 rings (SSSR count). The maximum absolute atomic E-state index is 12.9. The van der Waals surface area contributed by atoms with Crippen LogP contribution < -0.4 is 20.1 Å². The molecular weight excluding hydrogens is 566 g/mol. The van der Waals surface area contributed by atoms with Crippen molar-refractivity contribution in [2.75, 3.05) is 40.5 Å². The molecule has 0 atom stereocenters. The minimum atomic E-state index is -0.995. The maximum Gasteiger partial charge on any atom is 0.336 e. The van der Waals surface area contributed by atoms with Crippen LogP contribution in [0, 0.1) is 10.1 Å². The van der Waals surface area contributed by atoms with Crippen LogP contribution >= 0.6 is 12.4 Å². The van der Waals surface area contributed by atoms with Gasteiger partial charge in [-0.15, -0.1) is 12.4 Å². The molecule has 42 heavy (non-hydrogen) atoms. The number of nitro groups is 1. The molecular formula is C30H38ClN3O8. The number of nitrogens with zero attached hydrogens (tertiary/aromatic N) is 1. The highest BCUT2D eigenvalue weighted by Crippen LogP contribution is 2.44. The molecule has 2 aromatic rings. The largest absolute Gasteiger partial charge is 0.494 e. The van der Waals surface area contributed by atoms with Gasteiger partial charge in [-0.3, -0.25) is 10.1 Å². The number of carbonyl (C=O) groups excluding carboxylic acids is 2. The summed E-state index contributed by atoms with van der Waals surface area (Å²) < 4.78 is 21.8. The Morgan fingerprint density at radius 3 is 2.07 bits per heavy atom. The minimum absolute atomic E-state index is 0. The molecule has 0 unspecified atom stereocenters. The van der Waals surface area contributed by atoms with E-state index in [1.807, 2.05) is 30.3 Å². The third kappa shape index (κ3) is 8.95. The van der Waals surface area contributed by atoms with Crippen molar-refractivity contribution in [2.45, 2.75) is 39.0 Å². The fraction of sp³-hybridized carbons (Fsp3) is 0.400. The molecule has 0 fully saturated rings. The van der Waals surface area contributed by atoms with E-state index in [-0.39, 0.29) is 29.2 Å². The Kier molecular flexibility index (Phi) is 13.8. The van der Waals surface area contributed by atoms with Crippen LogP contribution in [0.5, 0.6) is 11.5 Å². The first-order valence-electron chi connectivity index (χ1n) is 13.4. The number of ether oxygens (including phenoxy) is 4. The molecule has 11 nitrogen and oxygen atoms in total. The van der Waals surface area contributed by atoms with Gasteiger partial charge in [-0.25, -0.2) is 9.59 Å². The SMILES string of the molecule is COC(=O)C1=C(C)NC(C)=C(C(=O)OC)C1c1cc([N+](=O)[O-])ccc1OCCCCNCCCOc1ccccc1.Cl. The van der Waals surface area contributed by atoms with Crippen LogP contribution in [0.2, 0.25) is 0 Å². The van der Waals surface area contributed by atoms with Crippen LogP contribution in [0.1, 0.15) is 44.6 Å². The molecule has 1 heterocycles. The highest BCUT2D eigenvalue weighted by atomic mass is 35.5. The van der Waals surface area contributed by atoms with Crippen molar-refractivity contribution in [1.29, 1.82) is 0 Å². The Balaban J connectivity index is 0.00000616. The lowest BCUT2D eigenvalue weighted by atomic mass is 9.80. The first-order chi connectivity index (χ1) is 19.8. The average molecular weight is 604 g/mol. The molecule has 0 spiro atoms. The number of esters is 2. The van der Waals surface area contributed by atoms with E-state index in [0.717, 1.165) is 31.7 Å². The number of carbonyl (C=O) groups is 2. The molecule has 2 aromatic carbocycles. The molecule has 0 aromatic heterocycles. The fourth-order valence-electron chi connectivity index (χ4n) is 4.64. The van der Waals surface area contributed by atoms with Crippen LogP contribution in [0.3, 0.4) is 0 Å². The number of unbranched alkanes of at least 4 members (excludes halogenated alkanes) is 1. The molecule has 0 radical (unpaired) electrons. The van der Waals surface area contributed by atoms with E-state index in [1.54, 1.807) is 13.8 Å². The van der Waals surface area contributed by atoms with E-state index in [0.29, 0.717) is 42.3 Å². The van der Waals surface area contributed by atoms with Crippen molar-refractivity contribution in [2.24, 2.45) is 0 Å². The first-order valence-corrected chi connectivity index (χ1v) is 13.4. The van der Waals surface area contributed by atoms with Crippen molar-refractivity contribution in [3.05, 3.63) is 86.7 Å². The number of nitro benzene ring substituents is 1. The van der Waals surface area contributed by atoms with Crippen molar-refractivity contribution in [3.63, 3.8) is 0 Å². The molecule has 0 bridgehead atoms. The summed E-state index contributed by atoms with van der Waals surface area (Å²) in [5.41, 5.74) is 1.31. The Morgan fingerprint density at radius 2 is 1.48 bits per heavy atom. The predicted octanol–water partition coefficient (Wildman–Crippen LogP) is 4.82. The minimum Gasteiger partial charge on any atom is -0.494 e. The number of benzene rings is 2. The molecule has 0 aliphatic carbocycles. The van der Waals surface area contributed by atoms with Crippen LogP contribution in [-0.2, 0) is 19.1 Å². The normalized spacial score (nSPS) is 13.1. The van der Waals surface area contributed by atoms with Gasteiger partial charge in [0.2, 0.25) is 0 Å². The molecule has 2 N–H and O–H groups in total. The van der Waals surface area contributed by atoms with Gasteiger partial charge in [0.1, 0.15) is 11.5 Å². The number of rotatable bonds is 15. The van der Waals surface area contributed by atoms with Gasteiger partial charge in [-0.2, -0.15) is 0 Å². The fourth-order valence-corrected chi connectivity index (χ4v) is 4.64. The molecule has 1 aliphatic heterocycles. The predicted molar refractivity (Wildman–Crippen MR) is 160 cm³/mol. The molecule has 0 saturated carbocycles. The van der Waals surface area contributed by atoms with Crippen LogP contribution in [0.15, 0.2) is 71.1 Å². The lowest BCUT2D eigenvalue weighted by molar-refractivity contribution is -0.384. The number of nitrogens with one attached hydrogen (secondary N) is 2. The van der Waals surface area contributed by atoms with Gasteiger partial charge in [0, 0.05) is 29.1 Å². The summed E-state index contributed by atoms with van der Waals surface area (Å²) in [6.45, 7) is 5.92. The Bertz CT molecular complexity index is 1260. The van der Waals surface area contributed by atoms with E-state index in [9.17, 15) is 19.7 Å². The van der Waals surface area contributed by atoms with Gasteiger partial charge in [0.15, 0.2) is 0 Å². The van der Waals surface area contributed by atoms with E-state index in [4.69, 9.17) is 18.9 Å². The lowest BCUT2D eigenvalue weighted by Gasteiger charge is -2.30. The summed E-state index contributed by atoms with van der Waals surface area (Å²) in [6.07, 6.45) is 2.43. The van der Waals surface area contributed by atoms with Gasteiger partial charge >= 0.3 is 11.9 Å². The number of dihydropyridines is 1. The van der Waals surface area contributed by atoms with Gasteiger partial charge < -0.3 is 29.6 Å². The third-order valence-electron chi connectivity index (χ3n) is 6.60. The van der Waals surface area contributed by atoms with Gasteiger partial charge in [-0.1, -0.05) is 18.2 Å². The summed E-state index contributed by atoms with van der Waals surface area (Å²) in [6, 6.07) is 13.8. The zero-order chi connectivity index (χ0) is 29.8. The van der Waals surface area contributed by atoms with Crippen molar-refractivity contribution >= 4 is 30.0 Å². The Hall–Kier alpha value is -4.09. The second-order valence-corrected chi connectivity index (χ2v) is 9.42. The topological polar surface area (TPSA) is 138 Å². The summed E-state index contributed by atoms with van der Waals surface area (Å²) in [5, 5.41) is 18.1. The molecule has 0 saturated heterocycles. The second kappa shape index (κ2) is 17.0. The summed E-state index contributed by atoms with van der Waals surface area (Å²) in [7, 11) is 2.47. The number of halogens is 1. The molecule has 1 aliphatic rings. The summed E-state index contributed by atoms with van der Waals surface area (Å²) in [4.78, 5) is 36.9. The van der Waals surface area contributed by atoms with E-state index in [2.05, 4.69) is 10.6 Å². The summed E-state index contributed by atoms with van der Waals surface area (Å²) >= 11 is 0. The zero-order valence-corrected chi connectivity index (χ0v) is 25.1. The monoisotopic (exact) mass is 603 g/mol. The van der Waals surface area contributed by atoms with E-state index >= 15 is 0 Å². The number of allylic oxidation sites excluding steroid dienone is 2. The smallest absolute Gasteiger partial charge is 0.336 e. The zero-order valence-electron chi connectivity index (χ0n) is 24.3. The second-order valence-electron chi connectivity index (χ2n) is 9.42. The maximum atomic E-state index is 12.9. The van der Waals surface area contributed by atoms with Crippen LogP contribution in [0.25, 0.3) is 0 Å². The molecule has 0 amide bonds. The van der Waals surface area contributed by atoms with Crippen molar-refractivity contribution < 1.29 is 33.5 Å². The number of hydrogen-bond donors (Lipinski definition) is 2. The lowest BCUT2D eigenvalue weighted by Crippen LogP contribution is -2.32. The van der Waals surface area contributed by atoms with Gasteiger partial charge in [0.05, 0.1) is 49.4 Å². The van der Waals surface area contributed by atoms with Crippen molar-refractivity contribution in [1.82, 2.24) is 10.6 Å². The standard InChI is InChI=1S/C30H37N3O8.ClH/c1-20-26(29(34)38-3)28(27(21(2)32-20)30(35)39-4)24-19-22(33(36)37)13-14-25(24)41-17-9-8-15-31-16-10-18-40-23-11-6-5-7-12-23;/h5-7,11-14,19,28,31-32H,8-10,15-18H2,1-4H3;1H.